The zero-order valence-electron chi connectivity index (χ0n) is 18.0. The summed E-state index contributed by atoms with van der Waals surface area (Å²) in [5.41, 5.74) is 2.83. The number of aromatic amines is 2. The smallest absolute Gasteiger partial charge is 0.274 e. The first-order valence-corrected chi connectivity index (χ1v) is 10.4. The molecule has 1 fully saturated rings. The fourth-order valence-electron chi connectivity index (χ4n) is 3.78. The molecule has 158 valence electrons. The minimum absolute atomic E-state index is 0.0838. The number of amides is 2. The van der Waals surface area contributed by atoms with Gasteiger partial charge >= 0.3 is 0 Å². The molecule has 1 aliphatic rings. The van der Waals surface area contributed by atoms with E-state index in [0.717, 1.165) is 24.2 Å². The molecule has 0 aromatic carbocycles. The van der Waals surface area contributed by atoms with Crippen LogP contribution in [0, 0.1) is 11.8 Å². The van der Waals surface area contributed by atoms with E-state index in [9.17, 15) is 9.59 Å². The first-order chi connectivity index (χ1) is 13.7. The van der Waals surface area contributed by atoms with Crippen molar-refractivity contribution in [3.05, 3.63) is 34.9 Å². The quantitative estimate of drug-likeness (QED) is 0.778. The number of nitrogens with one attached hydrogen (secondary N) is 2. The van der Waals surface area contributed by atoms with Crippen LogP contribution in [0.15, 0.2) is 12.1 Å². The molecule has 3 heterocycles. The summed E-state index contributed by atoms with van der Waals surface area (Å²) in [6.07, 6.45) is 1.72. The Morgan fingerprint density at radius 3 is 1.97 bits per heavy atom. The van der Waals surface area contributed by atoms with Gasteiger partial charge in [0, 0.05) is 37.1 Å². The molecule has 2 aromatic rings. The standard InChI is InChI=1S/C21H32N6O2/c1-13(2)8-16-10-18(24-22-16)20(28)26-6-7-27(15(5)12-26)21(29)19-11-17(23-25-19)9-14(3)4/h10-11,13-15H,6-9,12H2,1-5H3,(H,22,24)(H,23,25)/t15-/m0/s1. The summed E-state index contributed by atoms with van der Waals surface area (Å²) in [4.78, 5) is 29.3. The van der Waals surface area contributed by atoms with Crippen LogP contribution in [-0.2, 0) is 12.8 Å². The topological polar surface area (TPSA) is 98.0 Å². The molecule has 1 atom stereocenters. The van der Waals surface area contributed by atoms with Gasteiger partial charge in [-0.05, 0) is 43.7 Å². The number of nitrogens with zero attached hydrogens (tertiary/aromatic N) is 4. The second-order valence-electron chi connectivity index (χ2n) is 8.85. The average Bonchev–Trinajstić information content (AvgIpc) is 3.29. The highest BCUT2D eigenvalue weighted by atomic mass is 16.2. The summed E-state index contributed by atoms with van der Waals surface area (Å²) >= 11 is 0. The lowest BCUT2D eigenvalue weighted by molar-refractivity contribution is 0.0408. The van der Waals surface area contributed by atoms with Gasteiger partial charge in [-0.2, -0.15) is 10.2 Å². The van der Waals surface area contributed by atoms with Crippen molar-refractivity contribution in [2.45, 2.75) is 53.5 Å². The Morgan fingerprint density at radius 1 is 0.966 bits per heavy atom. The first-order valence-electron chi connectivity index (χ1n) is 10.4. The molecular formula is C21H32N6O2. The van der Waals surface area contributed by atoms with Crippen LogP contribution in [0.25, 0.3) is 0 Å². The predicted octanol–water partition coefficient (Wildman–Crippen LogP) is 2.52. The van der Waals surface area contributed by atoms with Gasteiger partial charge in [0.1, 0.15) is 11.4 Å². The molecule has 0 unspecified atom stereocenters. The lowest BCUT2D eigenvalue weighted by Gasteiger charge is -2.39. The Bertz CT molecular complexity index is 853. The summed E-state index contributed by atoms with van der Waals surface area (Å²) in [7, 11) is 0. The molecule has 8 nitrogen and oxygen atoms in total. The highest BCUT2D eigenvalue weighted by Crippen LogP contribution is 2.17. The van der Waals surface area contributed by atoms with E-state index in [-0.39, 0.29) is 17.9 Å². The highest BCUT2D eigenvalue weighted by Gasteiger charge is 2.32. The fraction of sp³-hybridized carbons (Fsp3) is 0.619. The van der Waals surface area contributed by atoms with Gasteiger partial charge in [0.05, 0.1) is 0 Å². The summed E-state index contributed by atoms with van der Waals surface area (Å²) in [5, 5.41) is 14.3. The second kappa shape index (κ2) is 8.80. The molecule has 2 aromatic heterocycles. The number of carbonyl (C=O) groups is 2. The molecule has 0 radical (unpaired) electrons. The van der Waals surface area contributed by atoms with E-state index in [1.54, 1.807) is 9.80 Å². The van der Waals surface area contributed by atoms with Crippen LogP contribution in [0.5, 0.6) is 0 Å². The lowest BCUT2D eigenvalue weighted by Crippen LogP contribution is -2.55. The van der Waals surface area contributed by atoms with Crippen molar-refractivity contribution in [1.29, 1.82) is 0 Å². The maximum atomic E-state index is 12.9. The normalized spacial score (nSPS) is 17.4. The third-order valence-electron chi connectivity index (χ3n) is 5.13. The Balaban J connectivity index is 1.61. The number of piperazine rings is 1. The van der Waals surface area contributed by atoms with Crippen LogP contribution in [0.1, 0.15) is 67.0 Å². The van der Waals surface area contributed by atoms with E-state index in [4.69, 9.17) is 0 Å². The lowest BCUT2D eigenvalue weighted by atomic mass is 10.1. The summed E-state index contributed by atoms with van der Waals surface area (Å²) in [6, 6.07) is 3.59. The number of hydrogen-bond donors (Lipinski definition) is 2. The van der Waals surface area contributed by atoms with Crippen LogP contribution >= 0.6 is 0 Å². The number of rotatable bonds is 6. The third-order valence-corrected chi connectivity index (χ3v) is 5.13. The van der Waals surface area contributed by atoms with Gasteiger partial charge in [0.15, 0.2) is 0 Å². The van der Waals surface area contributed by atoms with Gasteiger partial charge in [0.2, 0.25) is 0 Å². The molecule has 2 amide bonds. The minimum atomic E-state index is -0.0887. The summed E-state index contributed by atoms with van der Waals surface area (Å²) in [5.74, 6) is 0.815. The first kappa shape index (κ1) is 21.1. The van der Waals surface area contributed by atoms with E-state index in [1.165, 1.54) is 0 Å². The van der Waals surface area contributed by atoms with Crippen LogP contribution in [-0.4, -0.2) is 67.7 Å². The Kier molecular flexibility index (Phi) is 6.39. The molecule has 1 saturated heterocycles. The Morgan fingerprint density at radius 2 is 1.48 bits per heavy atom. The van der Waals surface area contributed by atoms with Crippen molar-refractivity contribution in [2.75, 3.05) is 19.6 Å². The van der Waals surface area contributed by atoms with Crippen LogP contribution in [0.4, 0.5) is 0 Å². The van der Waals surface area contributed by atoms with E-state index in [2.05, 4.69) is 48.1 Å². The molecule has 0 saturated carbocycles. The van der Waals surface area contributed by atoms with Crippen molar-refractivity contribution in [3.63, 3.8) is 0 Å². The van der Waals surface area contributed by atoms with Crippen molar-refractivity contribution in [3.8, 4) is 0 Å². The predicted molar refractivity (Wildman–Crippen MR) is 111 cm³/mol. The molecule has 0 aliphatic carbocycles. The number of hydrogen-bond acceptors (Lipinski definition) is 4. The van der Waals surface area contributed by atoms with Gasteiger partial charge < -0.3 is 9.80 Å². The molecular weight excluding hydrogens is 368 g/mol. The Hall–Kier alpha value is -2.64. The zero-order chi connectivity index (χ0) is 21.1. The molecule has 0 bridgehead atoms. The second-order valence-corrected chi connectivity index (χ2v) is 8.85. The van der Waals surface area contributed by atoms with Gasteiger partial charge in [-0.1, -0.05) is 27.7 Å². The third kappa shape index (κ3) is 5.05. The van der Waals surface area contributed by atoms with Crippen LogP contribution < -0.4 is 0 Å². The summed E-state index contributed by atoms with van der Waals surface area (Å²) in [6.45, 7) is 12.0. The molecule has 0 spiro atoms. The Labute approximate surface area is 172 Å². The van der Waals surface area contributed by atoms with Gasteiger partial charge in [-0.25, -0.2) is 0 Å². The van der Waals surface area contributed by atoms with E-state index in [1.807, 2.05) is 19.1 Å². The van der Waals surface area contributed by atoms with Crippen molar-refractivity contribution >= 4 is 11.8 Å². The van der Waals surface area contributed by atoms with E-state index >= 15 is 0 Å². The van der Waals surface area contributed by atoms with Gasteiger partial charge in [-0.15, -0.1) is 0 Å². The molecule has 29 heavy (non-hydrogen) atoms. The van der Waals surface area contributed by atoms with Crippen LogP contribution in [0.3, 0.4) is 0 Å². The fourth-order valence-corrected chi connectivity index (χ4v) is 3.78. The van der Waals surface area contributed by atoms with Crippen molar-refractivity contribution in [2.24, 2.45) is 11.8 Å². The van der Waals surface area contributed by atoms with E-state index in [0.29, 0.717) is 42.9 Å². The number of aromatic nitrogens is 4. The largest absolute Gasteiger partial charge is 0.333 e. The molecule has 2 N–H and O–H groups in total. The molecule has 8 heteroatoms. The van der Waals surface area contributed by atoms with Crippen molar-refractivity contribution < 1.29 is 9.59 Å². The summed E-state index contributed by atoms with van der Waals surface area (Å²) < 4.78 is 0. The molecule has 1 aliphatic heterocycles. The maximum Gasteiger partial charge on any atom is 0.274 e. The maximum absolute atomic E-state index is 12.9. The highest BCUT2D eigenvalue weighted by molar-refractivity contribution is 5.94. The zero-order valence-corrected chi connectivity index (χ0v) is 18.0. The van der Waals surface area contributed by atoms with Crippen LogP contribution in [0.2, 0.25) is 0 Å². The SMILES string of the molecule is CC(C)Cc1cc(C(=O)N2CCN(C(=O)c3cc(CC(C)C)[nH]n3)[C@@H](C)C2)n[nH]1. The average molecular weight is 401 g/mol. The number of carbonyl (C=O) groups excluding carboxylic acids is 2. The monoisotopic (exact) mass is 400 g/mol. The van der Waals surface area contributed by atoms with Gasteiger partial charge in [-0.3, -0.25) is 19.8 Å². The number of H-pyrrole nitrogens is 2. The van der Waals surface area contributed by atoms with E-state index < -0.39 is 0 Å². The molecule has 3 rings (SSSR count). The van der Waals surface area contributed by atoms with Gasteiger partial charge in [0.25, 0.3) is 11.8 Å². The minimum Gasteiger partial charge on any atom is -0.333 e. The van der Waals surface area contributed by atoms with Crippen molar-refractivity contribution in [1.82, 2.24) is 30.2 Å².